The third kappa shape index (κ3) is 2.97. The first-order valence-corrected chi connectivity index (χ1v) is 12.0. The van der Waals surface area contributed by atoms with Crippen molar-refractivity contribution in [1.82, 2.24) is 5.32 Å². The summed E-state index contributed by atoms with van der Waals surface area (Å²) in [5.74, 6) is 0.192. The first-order chi connectivity index (χ1) is 14.5. The maximum atomic E-state index is 13.1. The monoisotopic (exact) mass is 435 g/mol. The summed E-state index contributed by atoms with van der Waals surface area (Å²) < 4.78 is 26.2. The number of sulfone groups is 1. The Hall–Kier alpha value is -2.90. The van der Waals surface area contributed by atoms with Crippen LogP contribution in [-0.2, 0) is 9.84 Å². The zero-order chi connectivity index (χ0) is 20.9. The van der Waals surface area contributed by atoms with Gasteiger partial charge in [-0.3, -0.25) is 9.59 Å². The van der Waals surface area contributed by atoms with Gasteiger partial charge in [0.2, 0.25) is 9.84 Å². The molecule has 2 aliphatic rings. The molecular weight excluding hydrogens is 418 g/mol. The van der Waals surface area contributed by atoms with Gasteiger partial charge in [-0.15, -0.1) is 11.8 Å². The number of nitrogens with one attached hydrogen (secondary N) is 1. The van der Waals surface area contributed by atoms with E-state index in [4.69, 9.17) is 0 Å². The number of carbonyl (C=O) groups excluding carboxylic acids is 2. The molecule has 1 unspecified atom stereocenters. The summed E-state index contributed by atoms with van der Waals surface area (Å²) in [4.78, 5) is 26.7. The summed E-state index contributed by atoms with van der Waals surface area (Å²) in [5, 5.41) is 3.02. The summed E-state index contributed by atoms with van der Waals surface area (Å²) in [7, 11) is -3.88. The number of rotatable bonds is 2. The third-order valence-electron chi connectivity index (χ3n) is 5.46. The second-order valence-electron chi connectivity index (χ2n) is 7.24. The van der Waals surface area contributed by atoms with E-state index in [0.717, 1.165) is 22.6 Å². The topological polar surface area (TPSA) is 80.3 Å². The van der Waals surface area contributed by atoms with Gasteiger partial charge in [-0.2, -0.15) is 0 Å². The fourth-order valence-electron chi connectivity index (χ4n) is 3.96. The van der Waals surface area contributed by atoms with Crippen LogP contribution in [0.3, 0.4) is 0 Å². The Labute approximate surface area is 178 Å². The molecule has 0 bridgehead atoms. The minimum absolute atomic E-state index is 0.0155. The third-order valence-corrected chi connectivity index (χ3v) is 8.44. The number of thioether (sulfide) groups is 1. The van der Waals surface area contributed by atoms with Gasteiger partial charge in [-0.25, -0.2) is 8.42 Å². The van der Waals surface area contributed by atoms with Crippen LogP contribution in [-0.4, -0.2) is 25.9 Å². The van der Waals surface area contributed by atoms with Crippen molar-refractivity contribution in [2.24, 2.45) is 0 Å². The molecule has 0 aliphatic carbocycles. The quantitative estimate of drug-likeness (QED) is 0.514. The van der Waals surface area contributed by atoms with Crippen LogP contribution in [0.4, 0.5) is 0 Å². The van der Waals surface area contributed by atoms with Crippen molar-refractivity contribution in [3.8, 4) is 0 Å². The van der Waals surface area contributed by atoms with E-state index in [1.807, 2.05) is 24.3 Å². The lowest BCUT2D eigenvalue weighted by molar-refractivity contribution is 0.0933. The molecule has 5 nitrogen and oxygen atoms in total. The molecule has 2 heterocycles. The first kappa shape index (κ1) is 19.1. The van der Waals surface area contributed by atoms with Gasteiger partial charge in [0.05, 0.1) is 15.8 Å². The van der Waals surface area contributed by atoms with Gasteiger partial charge in [0.25, 0.3) is 5.91 Å². The van der Waals surface area contributed by atoms with E-state index in [0.29, 0.717) is 0 Å². The molecule has 0 saturated carbocycles. The molecular formula is C23H17NO4S2. The standard InChI is InChI=1S/C23H17NO4S2/c25-22-16-6-2-4-8-20(16)30(27,28)21-13-14(9-10-17(21)22)23(26)24-18-11-12-29-19-7-3-1-5-15(18)19/h1-10,13,18H,11-12H2,(H,24,26). The Bertz CT molecular complexity index is 1310. The van der Waals surface area contributed by atoms with Crippen molar-refractivity contribution in [3.63, 3.8) is 0 Å². The zero-order valence-electron chi connectivity index (χ0n) is 15.8. The minimum Gasteiger partial charge on any atom is -0.345 e. The van der Waals surface area contributed by atoms with Crippen LogP contribution in [0.5, 0.6) is 0 Å². The molecule has 2 aliphatic heterocycles. The molecule has 1 N–H and O–H groups in total. The molecule has 0 spiro atoms. The summed E-state index contributed by atoms with van der Waals surface area (Å²) in [6, 6.07) is 18.2. The van der Waals surface area contributed by atoms with Crippen molar-refractivity contribution in [2.45, 2.75) is 27.1 Å². The Morgan fingerprint density at radius 3 is 2.53 bits per heavy atom. The van der Waals surface area contributed by atoms with Gasteiger partial charge >= 0.3 is 0 Å². The van der Waals surface area contributed by atoms with E-state index in [1.54, 1.807) is 23.9 Å². The first-order valence-electron chi connectivity index (χ1n) is 9.52. The van der Waals surface area contributed by atoms with Crippen molar-refractivity contribution >= 4 is 33.3 Å². The lowest BCUT2D eigenvalue weighted by Crippen LogP contribution is -2.31. The summed E-state index contributed by atoms with van der Waals surface area (Å²) in [6.45, 7) is 0. The number of ketones is 1. The predicted octanol–water partition coefficient (Wildman–Crippen LogP) is 4.03. The van der Waals surface area contributed by atoms with E-state index in [-0.39, 0.29) is 44.2 Å². The smallest absolute Gasteiger partial charge is 0.251 e. The normalized spacial score (nSPS) is 18.7. The highest BCUT2D eigenvalue weighted by molar-refractivity contribution is 7.99. The lowest BCUT2D eigenvalue weighted by atomic mass is 10.00. The van der Waals surface area contributed by atoms with E-state index in [1.165, 1.54) is 30.3 Å². The van der Waals surface area contributed by atoms with Gasteiger partial charge < -0.3 is 5.32 Å². The van der Waals surface area contributed by atoms with Crippen molar-refractivity contribution in [2.75, 3.05) is 5.75 Å². The second kappa shape index (κ2) is 7.11. The molecule has 30 heavy (non-hydrogen) atoms. The van der Waals surface area contributed by atoms with Gasteiger partial charge in [0, 0.05) is 27.3 Å². The van der Waals surface area contributed by atoms with E-state index < -0.39 is 9.84 Å². The van der Waals surface area contributed by atoms with E-state index in [2.05, 4.69) is 5.32 Å². The fraction of sp³-hybridized carbons (Fsp3) is 0.130. The molecule has 150 valence electrons. The van der Waals surface area contributed by atoms with Crippen LogP contribution in [0, 0.1) is 0 Å². The van der Waals surface area contributed by atoms with Crippen LogP contribution in [0.1, 0.15) is 44.3 Å². The number of amides is 1. The van der Waals surface area contributed by atoms with Crippen LogP contribution in [0.15, 0.2) is 81.4 Å². The highest BCUT2D eigenvalue weighted by atomic mass is 32.2. The maximum absolute atomic E-state index is 13.1. The van der Waals surface area contributed by atoms with E-state index in [9.17, 15) is 18.0 Å². The summed E-state index contributed by atoms with van der Waals surface area (Å²) in [6.07, 6.45) is 0.794. The SMILES string of the molecule is O=C(NC1CCSc2ccccc21)c1ccc2c(c1)S(=O)(=O)c1ccccc1C2=O. The molecule has 5 rings (SSSR count). The molecule has 1 amide bonds. The molecule has 0 saturated heterocycles. The summed E-state index contributed by atoms with van der Waals surface area (Å²) in [5.41, 5.74) is 1.56. The maximum Gasteiger partial charge on any atom is 0.251 e. The molecule has 0 radical (unpaired) electrons. The Morgan fingerprint density at radius 1 is 0.933 bits per heavy atom. The number of hydrogen-bond acceptors (Lipinski definition) is 5. The van der Waals surface area contributed by atoms with Crippen LogP contribution >= 0.6 is 11.8 Å². The highest BCUT2D eigenvalue weighted by Crippen LogP contribution is 2.37. The van der Waals surface area contributed by atoms with Crippen molar-refractivity contribution in [3.05, 3.63) is 89.0 Å². The van der Waals surface area contributed by atoms with Crippen LogP contribution in [0.25, 0.3) is 0 Å². The summed E-state index contributed by atoms with van der Waals surface area (Å²) >= 11 is 1.76. The molecule has 3 aromatic carbocycles. The number of fused-ring (bicyclic) bond motifs is 3. The fourth-order valence-corrected chi connectivity index (χ4v) is 6.76. The van der Waals surface area contributed by atoms with Gasteiger partial charge in [0.1, 0.15) is 0 Å². The number of carbonyl (C=O) groups is 2. The van der Waals surface area contributed by atoms with Crippen molar-refractivity contribution in [1.29, 1.82) is 0 Å². The Balaban J connectivity index is 1.50. The molecule has 0 fully saturated rings. The molecule has 1 atom stereocenters. The average molecular weight is 436 g/mol. The predicted molar refractivity (Wildman–Crippen MR) is 114 cm³/mol. The molecule has 3 aromatic rings. The van der Waals surface area contributed by atoms with E-state index >= 15 is 0 Å². The van der Waals surface area contributed by atoms with Gasteiger partial charge in [-0.05, 0) is 48.4 Å². The highest BCUT2D eigenvalue weighted by Gasteiger charge is 2.35. The number of benzene rings is 3. The molecule has 7 heteroatoms. The average Bonchev–Trinajstić information content (AvgIpc) is 2.78. The lowest BCUT2D eigenvalue weighted by Gasteiger charge is -2.26. The molecule has 0 aromatic heterocycles. The Kier molecular flexibility index (Phi) is 4.52. The zero-order valence-corrected chi connectivity index (χ0v) is 17.4. The second-order valence-corrected chi connectivity index (χ2v) is 10.3. The largest absolute Gasteiger partial charge is 0.345 e. The Morgan fingerprint density at radius 2 is 1.67 bits per heavy atom. The van der Waals surface area contributed by atoms with Gasteiger partial charge in [-0.1, -0.05) is 30.3 Å². The van der Waals surface area contributed by atoms with Gasteiger partial charge in [0.15, 0.2) is 5.78 Å². The number of hydrogen-bond donors (Lipinski definition) is 1. The minimum atomic E-state index is -3.88. The van der Waals surface area contributed by atoms with Crippen LogP contribution < -0.4 is 5.32 Å². The van der Waals surface area contributed by atoms with Crippen molar-refractivity contribution < 1.29 is 18.0 Å². The van der Waals surface area contributed by atoms with Crippen LogP contribution in [0.2, 0.25) is 0 Å².